The molecule has 0 heterocycles. The lowest BCUT2D eigenvalue weighted by molar-refractivity contribution is 0.483. The third-order valence-electron chi connectivity index (χ3n) is 2.67. The van der Waals surface area contributed by atoms with Gasteiger partial charge in [0.05, 0.1) is 4.90 Å². The van der Waals surface area contributed by atoms with Crippen molar-refractivity contribution < 1.29 is 13.0 Å². The molecule has 0 spiro atoms. The first-order chi connectivity index (χ1) is 8.48. The van der Waals surface area contributed by atoms with E-state index in [2.05, 4.69) is 18.8 Å². The predicted octanol–water partition coefficient (Wildman–Crippen LogP) is 2.00. The maximum atomic E-state index is 10.9. The Morgan fingerprint density at radius 2 is 1.39 bits per heavy atom. The number of rotatable bonds is 3. The van der Waals surface area contributed by atoms with Gasteiger partial charge in [-0.3, -0.25) is 4.55 Å². The van der Waals surface area contributed by atoms with Crippen molar-refractivity contribution in [1.29, 1.82) is 0 Å². The molecule has 0 aliphatic rings. The van der Waals surface area contributed by atoms with Crippen LogP contribution in [0.25, 0.3) is 0 Å². The van der Waals surface area contributed by atoms with Gasteiger partial charge in [0.15, 0.2) is 0 Å². The van der Waals surface area contributed by atoms with Crippen LogP contribution in [0.15, 0.2) is 59.5 Å². The van der Waals surface area contributed by atoms with Crippen molar-refractivity contribution >= 4 is 28.6 Å². The van der Waals surface area contributed by atoms with Gasteiger partial charge in [-0.2, -0.15) is 8.42 Å². The molecule has 1 atom stereocenters. The molecule has 0 aliphatic heterocycles. The van der Waals surface area contributed by atoms with Crippen LogP contribution in [0.1, 0.15) is 0 Å². The van der Waals surface area contributed by atoms with Gasteiger partial charge in [-0.25, -0.2) is 0 Å². The topological polar surface area (TPSA) is 54.4 Å². The van der Waals surface area contributed by atoms with Crippen LogP contribution in [0, 0.1) is 0 Å². The molecule has 2 aromatic rings. The summed E-state index contributed by atoms with van der Waals surface area (Å²) in [6, 6.07) is 16.4. The van der Waals surface area contributed by atoms with Crippen LogP contribution in [-0.2, 0) is 10.1 Å². The summed E-state index contributed by atoms with van der Waals surface area (Å²) < 4.78 is 30.8. The zero-order valence-corrected chi connectivity index (χ0v) is 11.5. The smallest absolute Gasteiger partial charge is 0.282 e. The normalized spacial score (nSPS) is 13.2. The van der Waals surface area contributed by atoms with Crippen molar-refractivity contribution in [3.63, 3.8) is 0 Å². The van der Waals surface area contributed by atoms with Crippen molar-refractivity contribution in [3.8, 4) is 0 Å². The number of hydrogen-bond donors (Lipinski definition) is 1. The zero-order chi connectivity index (χ0) is 13.2. The van der Waals surface area contributed by atoms with Crippen LogP contribution in [0.4, 0.5) is 0 Å². The summed E-state index contributed by atoms with van der Waals surface area (Å²) in [6.45, 7) is 2.12. The summed E-state index contributed by atoms with van der Waals surface area (Å²) >= 11 is 0. The zero-order valence-electron chi connectivity index (χ0n) is 9.82. The first-order valence-corrected chi connectivity index (χ1v) is 8.58. The molecule has 0 aromatic heterocycles. The van der Waals surface area contributed by atoms with Gasteiger partial charge in [0.25, 0.3) is 10.1 Å². The SMILES string of the molecule is CP(c1ccccc1)c1ccc(S(=O)(=O)O)cc1. The highest BCUT2D eigenvalue weighted by Gasteiger charge is 2.11. The van der Waals surface area contributed by atoms with E-state index >= 15 is 0 Å². The lowest BCUT2D eigenvalue weighted by atomic mass is 10.4. The maximum Gasteiger partial charge on any atom is 0.294 e. The van der Waals surface area contributed by atoms with E-state index in [9.17, 15) is 8.42 Å². The van der Waals surface area contributed by atoms with Crippen LogP contribution in [0.5, 0.6) is 0 Å². The van der Waals surface area contributed by atoms with Gasteiger partial charge in [-0.1, -0.05) is 42.5 Å². The summed E-state index contributed by atoms with van der Waals surface area (Å²) in [6.07, 6.45) is 0. The molecule has 5 heteroatoms. The van der Waals surface area contributed by atoms with Gasteiger partial charge in [-0.05, 0) is 37.3 Å². The number of benzene rings is 2. The van der Waals surface area contributed by atoms with E-state index < -0.39 is 18.0 Å². The molecule has 94 valence electrons. The van der Waals surface area contributed by atoms with Crippen LogP contribution in [-0.4, -0.2) is 19.6 Å². The van der Waals surface area contributed by atoms with E-state index in [1.807, 2.05) is 18.2 Å². The van der Waals surface area contributed by atoms with Crippen molar-refractivity contribution in [2.45, 2.75) is 4.90 Å². The minimum atomic E-state index is -4.10. The second kappa shape index (κ2) is 5.19. The van der Waals surface area contributed by atoms with E-state index in [1.165, 1.54) is 17.4 Å². The highest BCUT2D eigenvalue weighted by Crippen LogP contribution is 2.28. The van der Waals surface area contributed by atoms with Gasteiger partial charge in [-0.15, -0.1) is 0 Å². The Balaban J connectivity index is 2.31. The molecule has 0 saturated carbocycles. The molecule has 2 aromatic carbocycles. The Hall–Kier alpha value is -1.22. The first kappa shape index (κ1) is 13.2. The summed E-state index contributed by atoms with van der Waals surface area (Å²) in [5.41, 5.74) is 0. The average molecular weight is 280 g/mol. The van der Waals surface area contributed by atoms with Crippen molar-refractivity contribution in [2.24, 2.45) is 0 Å². The van der Waals surface area contributed by atoms with Crippen molar-refractivity contribution in [3.05, 3.63) is 54.6 Å². The Labute approximate surface area is 108 Å². The Morgan fingerprint density at radius 3 is 1.89 bits per heavy atom. The molecule has 3 nitrogen and oxygen atoms in total. The summed E-state index contributed by atoms with van der Waals surface area (Å²) in [5, 5.41) is 2.30. The molecule has 0 saturated heterocycles. The standard InChI is InChI=1S/C13H13O3PS/c1-17(11-5-3-2-4-6-11)12-7-9-13(10-8-12)18(14,15)16/h2-10H,1H3,(H,14,15,16). The molecule has 0 aliphatic carbocycles. The van der Waals surface area contributed by atoms with Crippen LogP contribution in [0.3, 0.4) is 0 Å². The molecule has 0 bridgehead atoms. The quantitative estimate of drug-likeness (QED) is 0.691. The highest BCUT2D eigenvalue weighted by molar-refractivity contribution is 7.85. The molecule has 1 unspecified atom stereocenters. The van der Waals surface area contributed by atoms with Crippen molar-refractivity contribution in [1.82, 2.24) is 0 Å². The number of hydrogen-bond acceptors (Lipinski definition) is 2. The van der Waals surface area contributed by atoms with Crippen LogP contribution >= 0.6 is 7.92 Å². The monoisotopic (exact) mass is 280 g/mol. The predicted molar refractivity (Wildman–Crippen MR) is 74.8 cm³/mol. The lowest BCUT2D eigenvalue weighted by Crippen LogP contribution is -2.11. The third kappa shape index (κ3) is 2.96. The fourth-order valence-corrected chi connectivity index (χ4v) is 3.64. The van der Waals surface area contributed by atoms with E-state index in [-0.39, 0.29) is 4.90 Å². The first-order valence-electron chi connectivity index (χ1n) is 5.35. The Morgan fingerprint density at radius 1 is 0.889 bits per heavy atom. The minimum absolute atomic E-state index is 0.0669. The van der Waals surface area contributed by atoms with E-state index in [0.29, 0.717) is 0 Å². The molecular formula is C13H13O3PS. The summed E-state index contributed by atoms with van der Waals surface area (Å²) in [4.78, 5) is -0.0669. The summed E-state index contributed by atoms with van der Waals surface area (Å²) in [5.74, 6) is 0. The fourth-order valence-electron chi connectivity index (χ4n) is 1.64. The Bertz CT molecular complexity index is 621. The van der Waals surface area contributed by atoms with E-state index in [1.54, 1.807) is 12.1 Å². The van der Waals surface area contributed by atoms with Crippen LogP contribution < -0.4 is 10.6 Å². The fraction of sp³-hybridized carbons (Fsp3) is 0.0769. The molecule has 0 amide bonds. The molecule has 0 fully saturated rings. The largest absolute Gasteiger partial charge is 0.294 e. The average Bonchev–Trinajstić information content (AvgIpc) is 2.38. The van der Waals surface area contributed by atoms with E-state index in [4.69, 9.17) is 4.55 Å². The van der Waals surface area contributed by atoms with Gasteiger partial charge in [0.1, 0.15) is 0 Å². The molecule has 18 heavy (non-hydrogen) atoms. The lowest BCUT2D eigenvalue weighted by Gasteiger charge is -2.13. The third-order valence-corrected chi connectivity index (χ3v) is 5.68. The maximum absolute atomic E-state index is 10.9. The molecule has 2 rings (SSSR count). The van der Waals surface area contributed by atoms with Crippen molar-refractivity contribution in [2.75, 3.05) is 6.66 Å². The van der Waals surface area contributed by atoms with Crippen LogP contribution in [0.2, 0.25) is 0 Å². The second-order valence-corrected chi connectivity index (χ2v) is 7.44. The molecule has 1 N–H and O–H groups in total. The van der Waals surface area contributed by atoms with E-state index in [0.717, 1.165) is 5.30 Å². The molecular weight excluding hydrogens is 267 g/mol. The Kier molecular flexibility index (Phi) is 3.81. The molecule has 0 radical (unpaired) electrons. The van der Waals surface area contributed by atoms with Gasteiger partial charge in [0.2, 0.25) is 0 Å². The summed E-state index contributed by atoms with van der Waals surface area (Å²) in [7, 11) is -4.60. The van der Waals surface area contributed by atoms with Gasteiger partial charge in [0, 0.05) is 0 Å². The minimum Gasteiger partial charge on any atom is -0.282 e. The van der Waals surface area contributed by atoms with Gasteiger partial charge < -0.3 is 0 Å². The van der Waals surface area contributed by atoms with Gasteiger partial charge >= 0.3 is 0 Å². The highest BCUT2D eigenvalue weighted by atomic mass is 32.2. The second-order valence-electron chi connectivity index (χ2n) is 3.86.